The van der Waals surface area contributed by atoms with E-state index in [1.165, 1.54) is 0 Å². The van der Waals surface area contributed by atoms with E-state index in [1.807, 2.05) is 54.6 Å². The monoisotopic (exact) mass is 885 g/mol. The minimum Gasteiger partial charge on any atom is -0.456 e. The summed E-state index contributed by atoms with van der Waals surface area (Å²) in [5, 5.41) is 23.7. The molecule has 0 aliphatic carbocycles. The van der Waals surface area contributed by atoms with Crippen LogP contribution in [0, 0.1) is 0 Å². The number of aliphatic hydroxyl groups is 1. The summed E-state index contributed by atoms with van der Waals surface area (Å²) in [5.41, 5.74) is 1.41. The number of guanidine groups is 1. The van der Waals surface area contributed by atoms with E-state index in [2.05, 4.69) is 26.3 Å². The highest BCUT2D eigenvalue weighted by Gasteiger charge is 2.45. The van der Waals surface area contributed by atoms with Crippen molar-refractivity contribution in [3.8, 4) is 11.5 Å². The van der Waals surface area contributed by atoms with Crippen LogP contribution in [0.15, 0.2) is 132 Å². The summed E-state index contributed by atoms with van der Waals surface area (Å²) < 4.78 is 34.2. The Morgan fingerprint density at radius 3 is 2.06 bits per heavy atom. The van der Waals surface area contributed by atoms with Gasteiger partial charge >= 0.3 is 18.3 Å². The van der Waals surface area contributed by atoms with Crippen molar-refractivity contribution in [1.82, 2.24) is 16.0 Å². The summed E-state index contributed by atoms with van der Waals surface area (Å²) in [6.07, 6.45) is -3.05. The van der Waals surface area contributed by atoms with Gasteiger partial charge in [0.25, 0.3) is 0 Å². The minimum atomic E-state index is -1.69. The lowest BCUT2D eigenvalue weighted by Crippen LogP contribution is -2.46. The fourth-order valence-corrected chi connectivity index (χ4v) is 7.23. The molecule has 7 rings (SSSR count). The predicted molar refractivity (Wildman–Crippen MR) is 239 cm³/mol. The van der Waals surface area contributed by atoms with E-state index < -0.39 is 47.7 Å². The minimum absolute atomic E-state index is 0.0325. The zero-order valence-electron chi connectivity index (χ0n) is 36.2. The molecule has 5 aromatic carbocycles. The molecule has 2 aliphatic rings. The van der Waals surface area contributed by atoms with Gasteiger partial charge in [0.1, 0.15) is 42.0 Å². The molecule has 2 atom stereocenters. The number of para-hydroxylation sites is 1. The zero-order valence-corrected chi connectivity index (χ0v) is 36.2. The number of carbonyl (C=O) groups is 4. The van der Waals surface area contributed by atoms with Gasteiger partial charge in [0, 0.05) is 40.6 Å². The van der Waals surface area contributed by atoms with Crippen molar-refractivity contribution in [3.63, 3.8) is 0 Å². The molecule has 5 aromatic rings. The summed E-state index contributed by atoms with van der Waals surface area (Å²) in [6.45, 7) is 5.94. The molecule has 1 fully saturated rings. The molecule has 65 heavy (non-hydrogen) atoms. The fourth-order valence-electron chi connectivity index (χ4n) is 7.23. The Labute approximate surface area is 376 Å². The van der Waals surface area contributed by atoms with E-state index in [1.54, 1.807) is 93.6 Å². The van der Waals surface area contributed by atoms with Crippen LogP contribution in [-0.2, 0) is 47.3 Å². The highest BCUT2D eigenvalue weighted by Crippen LogP contribution is 2.52. The molecule has 0 bridgehead atoms. The van der Waals surface area contributed by atoms with Gasteiger partial charge in [-0.25, -0.2) is 14.4 Å². The molecule has 5 N–H and O–H groups in total. The highest BCUT2D eigenvalue weighted by atomic mass is 16.7. The van der Waals surface area contributed by atoms with E-state index >= 15 is 0 Å². The lowest BCUT2D eigenvalue weighted by atomic mass is 9.76. The summed E-state index contributed by atoms with van der Waals surface area (Å²) in [4.78, 5) is 56.6. The quantitative estimate of drug-likeness (QED) is 0.0331. The third-order valence-electron chi connectivity index (χ3n) is 10.2. The lowest BCUT2D eigenvalue weighted by Gasteiger charge is -2.38. The molecule has 2 aliphatic heterocycles. The second-order valence-electron chi connectivity index (χ2n) is 16.1. The van der Waals surface area contributed by atoms with Crippen LogP contribution in [0.4, 0.5) is 20.1 Å². The molecule has 2 heterocycles. The zero-order chi connectivity index (χ0) is 45.8. The van der Waals surface area contributed by atoms with Crippen LogP contribution in [0.1, 0.15) is 73.3 Å². The van der Waals surface area contributed by atoms with Crippen molar-refractivity contribution in [2.45, 2.75) is 70.4 Å². The Kier molecular flexibility index (Phi) is 14.7. The summed E-state index contributed by atoms with van der Waals surface area (Å²) in [5.74, 6) is -0.123. The Hall–Kier alpha value is -7.27. The normalized spacial score (nSPS) is 16.2. The van der Waals surface area contributed by atoms with Crippen LogP contribution in [0.3, 0.4) is 0 Å². The first-order valence-corrected chi connectivity index (χ1v) is 21.1. The molecule has 0 aromatic heterocycles. The predicted octanol–water partition coefficient (Wildman–Crippen LogP) is 7.94. The van der Waals surface area contributed by atoms with Crippen LogP contribution in [0.5, 0.6) is 11.5 Å². The largest absolute Gasteiger partial charge is 0.456 e. The fraction of sp³-hybridized carbons (Fsp3) is 0.286. The second-order valence-corrected chi connectivity index (χ2v) is 16.1. The van der Waals surface area contributed by atoms with Gasteiger partial charge < -0.3 is 49.5 Å². The number of carbonyl (C=O) groups excluding carboxylic acids is 4. The summed E-state index contributed by atoms with van der Waals surface area (Å²) in [7, 11) is 0. The van der Waals surface area contributed by atoms with Crippen molar-refractivity contribution in [2.24, 2.45) is 4.99 Å². The standard InChI is InChI=1S/C49H51N5O11/c1-48(2,3)65-47(58)52-39(22-14-26-50-44(53-45(56)62-30-32-15-6-4-7-16-32)54-46(57)63-31-33-17-8-5-9-18-33)42(55)51-34-24-25-38-41(29-34)64-40-23-13-12-21-37(40)49(38,59)36-20-11-10-19-35(36)43-60-27-28-61-43/h4-13,15-21,23-25,29,39,43,59H,14,22,26-28,30-31H2,1-3H3,(H,51,55)(H,52,58)(H2,50,53,54,56,57). The number of ether oxygens (including phenoxy) is 6. The van der Waals surface area contributed by atoms with Gasteiger partial charge in [-0.3, -0.25) is 10.1 Å². The molecule has 4 amide bonds. The third kappa shape index (κ3) is 12.1. The van der Waals surface area contributed by atoms with Gasteiger partial charge in [-0.2, -0.15) is 0 Å². The van der Waals surface area contributed by atoms with E-state index in [0.717, 1.165) is 11.1 Å². The average molecular weight is 886 g/mol. The number of anilines is 1. The molecule has 1 saturated heterocycles. The number of fused-ring (bicyclic) bond motifs is 2. The van der Waals surface area contributed by atoms with Crippen LogP contribution in [0.25, 0.3) is 0 Å². The molecule has 0 saturated carbocycles. The number of hydrogen-bond donors (Lipinski definition) is 5. The molecule has 0 radical (unpaired) electrons. The second kappa shape index (κ2) is 20.9. The van der Waals surface area contributed by atoms with Gasteiger partial charge in [-0.1, -0.05) is 103 Å². The Morgan fingerprint density at radius 2 is 1.37 bits per heavy atom. The number of aliphatic imine (C=N–C) groups is 1. The van der Waals surface area contributed by atoms with Crippen LogP contribution >= 0.6 is 0 Å². The SMILES string of the molecule is CC(C)(C)OC(=O)NC(CCCN/C(=N/C(=O)OCc1ccccc1)NC(=O)OCc1ccccc1)C(=O)Nc1ccc2c(c1)Oc1ccccc1C2(O)c1ccccc1C1OCCO1. The number of benzene rings is 5. The highest BCUT2D eigenvalue weighted by molar-refractivity contribution is 5.99. The van der Waals surface area contributed by atoms with Crippen molar-refractivity contribution in [1.29, 1.82) is 0 Å². The summed E-state index contributed by atoms with van der Waals surface area (Å²) in [6, 6.07) is 36.4. The molecule has 2 unspecified atom stereocenters. The van der Waals surface area contributed by atoms with Gasteiger partial charge in [0.05, 0.1) is 13.2 Å². The molecule has 338 valence electrons. The Bertz CT molecular complexity index is 2490. The van der Waals surface area contributed by atoms with Crippen molar-refractivity contribution < 1.29 is 52.7 Å². The topological polar surface area (TPSA) is 204 Å². The number of nitrogens with one attached hydrogen (secondary N) is 4. The number of alkyl carbamates (subject to hydrolysis) is 2. The maximum Gasteiger partial charge on any atom is 0.437 e. The smallest absolute Gasteiger partial charge is 0.437 e. The first-order chi connectivity index (χ1) is 31.4. The van der Waals surface area contributed by atoms with Crippen LogP contribution in [-0.4, -0.2) is 66.7 Å². The lowest BCUT2D eigenvalue weighted by molar-refractivity contribution is -0.118. The molecule has 16 nitrogen and oxygen atoms in total. The van der Waals surface area contributed by atoms with Crippen LogP contribution < -0.4 is 26.0 Å². The van der Waals surface area contributed by atoms with Crippen molar-refractivity contribution in [2.75, 3.05) is 25.1 Å². The van der Waals surface area contributed by atoms with Crippen molar-refractivity contribution in [3.05, 3.63) is 161 Å². The molecular weight excluding hydrogens is 835 g/mol. The van der Waals surface area contributed by atoms with Gasteiger partial charge in [-0.15, -0.1) is 4.99 Å². The van der Waals surface area contributed by atoms with Gasteiger partial charge in [0.15, 0.2) is 6.29 Å². The Balaban J connectivity index is 1.06. The van der Waals surface area contributed by atoms with Crippen molar-refractivity contribution >= 4 is 35.8 Å². The maximum absolute atomic E-state index is 14.0. The van der Waals surface area contributed by atoms with Gasteiger partial charge in [-0.05, 0) is 62.9 Å². The average Bonchev–Trinajstić information content (AvgIpc) is 3.84. The van der Waals surface area contributed by atoms with E-state index in [4.69, 9.17) is 28.4 Å². The number of nitrogens with zero attached hydrogens (tertiary/aromatic N) is 1. The van der Waals surface area contributed by atoms with E-state index in [9.17, 15) is 24.3 Å². The van der Waals surface area contributed by atoms with Gasteiger partial charge in [0.2, 0.25) is 11.9 Å². The summed E-state index contributed by atoms with van der Waals surface area (Å²) >= 11 is 0. The molecule has 16 heteroatoms. The molecular formula is C49H51N5O11. The van der Waals surface area contributed by atoms with Crippen LogP contribution in [0.2, 0.25) is 0 Å². The van der Waals surface area contributed by atoms with E-state index in [-0.39, 0.29) is 44.3 Å². The molecule has 0 spiro atoms. The number of hydrogen-bond acceptors (Lipinski definition) is 11. The number of amides is 4. The third-order valence-corrected chi connectivity index (χ3v) is 10.2. The maximum atomic E-state index is 14.0. The first kappa shape index (κ1) is 45.7. The van der Waals surface area contributed by atoms with E-state index in [0.29, 0.717) is 46.9 Å². The number of rotatable bonds is 13. The first-order valence-electron chi connectivity index (χ1n) is 21.1. The Morgan fingerprint density at radius 1 is 0.754 bits per heavy atom.